The summed E-state index contributed by atoms with van der Waals surface area (Å²) in [5.41, 5.74) is 0. The zero-order valence-electron chi connectivity index (χ0n) is 19.2. The van der Waals surface area contributed by atoms with Crippen LogP contribution in [0.2, 0.25) is 0 Å². The lowest BCUT2D eigenvalue weighted by Gasteiger charge is -2.34. The topological polar surface area (TPSA) is 40.6 Å². The lowest BCUT2D eigenvalue weighted by Crippen LogP contribution is -2.45. The molecule has 164 valence electrons. The third-order valence-corrected chi connectivity index (χ3v) is 6.35. The fourth-order valence-corrected chi connectivity index (χ4v) is 4.41. The van der Waals surface area contributed by atoms with E-state index in [-0.39, 0.29) is 23.7 Å². The second-order valence-corrected chi connectivity index (χ2v) is 8.85. The van der Waals surface area contributed by atoms with Gasteiger partial charge < -0.3 is 9.80 Å². The van der Waals surface area contributed by atoms with Crippen LogP contribution >= 0.6 is 0 Å². The van der Waals surface area contributed by atoms with Crippen molar-refractivity contribution in [1.29, 1.82) is 0 Å². The van der Waals surface area contributed by atoms with Gasteiger partial charge in [-0.2, -0.15) is 0 Å². The number of hydrogen-bond donors (Lipinski definition) is 0. The Hall–Kier alpha value is -1.06. The maximum Gasteiger partial charge on any atom is 0.226 e. The summed E-state index contributed by atoms with van der Waals surface area (Å²) in [6.45, 7) is 6.09. The molecule has 1 aliphatic rings. The van der Waals surface area contributed by atoms with E-state index in [1.54, 1.807) is 0 Å². The second-order valence-electron chi connectivity index (χ2n) is 8.85. The fraction of sp³-hybridized carbons (Fsp3) is 0.917. The summed E-state index contributed by atoms with van der Waals surface area (Å²) in [7, 11) is 3.85. The summed E-state index contributed by atoms with van der Waals surface area (Å²) >= 11 is 0. The normalized spacial score (nSPS) is 19.4. The molecule has 0 spiro atoms. The first-order valence-corrected chi connectivity index (χ1v) is 12.0. The first-order valence-electron chi connectivity index (χ1n) is 12.0. The number of amides is 2. The highest BCUT2D eigenvalue weighted by atomic mass is 16.2. The van der Waals surface area contributed by atoms with Crippen molar-refractivity contribution in [2.45, 2.75) is 104 Å². The quantitative estimate of drug-likeness (QED) is 0.357. The molecule has 1 fully saturated rings. The summed E-state index contributed by atoms with van der Waals surface area (Å²) < 4.78 is 0. The Morgan fingerprint density at radius 2 is 1.00 bits per heavy atom. The van der Waals surface area contributed by atoms with Gasteiger partial charge in [0.25, 0.3) is 0 Å². The van der Waals surface area contributed by atoms with Crippen LogP contribution in [0.3, 0.4) is 0 Å². The van der Waals surface area contributed by atoms with E-state index in [4.69, 9.17) is 0 Å². The number of nitrogens with zero attached hydrogens (tertiary/aromatic N) is 2. The number of carbonyl (C=O) groups is 2. The van der Waals surface area contributed by atoms with Gasteiger partial charge in [0.1, 0.15) is 0 Å². The molecule has 0 N–H and O–H groups in total. The molecule has 1 aliphatic carbocycles. The van der Waals surface area contributed by atoms with Gasteiger partial charge in [0.15, 0.2) is 0 Å². The molecule has 0 heterocycles. The van der Waals surface area contributed by atoms with E-state index < -0.39 is 0 Å². The van der Waals surface area contributed by atoms with E-state index in [0.29, 0.717) is 0 Å². The Morgan fingerprint density at radius 1 is 0.643 bits per heavy atom. The van der Waals surface area contributed by atoms with Crippen molar-refractivity contribution in [2.24, 2.45) is 11.8 Å². The van der Waals surface area contributed by atoms with Crippen LogP contribution in [0.25, 0.3) is 0 Å². The van der Waals surface area contributed by atoms with Crippen LogP contribution in [0.4, 0.5) is 0 Å². The molecule has 0 saturated heterocycles. The van der Waals surface area contributed by atoms with E-state index in [0.717, 1.165) is 51.6 Å². The molecule has 4 nitrogen and oxygen atoms in total. The average Bonchev–Trinajstić information content (AvgIpc) is 2.72. The van der Waals surface area contributed by atoms with Crippen LogP contribution < -0.4 is 0 Å². The molecule has 0 aromatic heterocycles. The second kappa shape index (κ2) is 14.9. The molecule has 0 aromatic rings. The molecule has 1 rings (SSSR count). The van der Waals surface area contributed by atoms with Crippen LogP contribution in [0.15, 0.2) is 0 Å². The van der Waals surface area contributed by atoms with E-state index in [9.17, 15) is 9.59 Å². The smallest absolute Gasteiger partial charge is 0.226 e. The van der Waals surface area contributed by atoms with Crippen LogP contribution in [0, 0.1) is 11.8 Å². The maximum atomic E-state index is 13.0. The van der Waals surface area contributed by atoms with Crippen LogP contribution in [0.1, 0.15) is 104 Å². The number of unbranched alkanes of at least 4 members (excludes halogenated alkanes) is 8. The predicted molar refractivity (Wildman–Crippen MR) is 118 cm³/mol. The predicted octanol–water partition coefficient (Wildman–Crippen LogP) is 5.65. The van der Waals surface area contributed by atoms with E-state index in [2.05, 4.69) is 13.8 Å². The molecule has 0 bridgehead atoms. The Morgan fingerprint density at radius 3 is 1.36 bits per heavy atom. The number of carbonyl (C=O) groups excluding carboxylic acids is 2. The van der Waals surface area contributed by atoms with Crippen molar-refractivity contribution in [3.05, 3.63) is 0 Å². The summed E-state index contributed by atoms with van der Waals surface area (Å²) in [4.78, 5) is 29.9. The van der Waals surface area contributed by atoms with Crippen LogP contribution in [-0.4, -0.2) is 48.8 Å². The number of rotatable bonds is 14. The van der Waals surface area contributed by atoms with Gasteiger partial charge >= 0.3 is 0 Å². The van der Waals surface area contributed by atoms with Crippen molar-refractivity contribution in [1.82, 2.24) is 9.80 Å². The maximum absolute atomic E-state index is 13.0. The summed E-state index contributed by atoms with van der Waals surface area (Å²) in [6, 6.07) is 0. The minimum absolute atomic E-state index is 0.107. The zero-order valence-corrected chi connectivity index (χ0v) is 19.2. The third kappa shape index (κ3) is 8.96. The first-order chi connectivity index (χ1) is 13.5. The molecule has 0 radical (unpaired) electrons. The van der Waals surface area contributed by atoms with E-state index >= 15 is 0 Å². The van der Waals surface area contributed by atoms with Gasteiger partial charge in [-0.15, -0.1) is 0 Å². The lowest BCUT2D eigenvalue weighted by atomic mass is 9.77. The van der Waals surface area contributed by atoms with Gasteiger partial charge in [-0.1, -0.05) is 78.1 Å². The molecule has 2 unspecified atom stereocenters. The highest BCUT2D eigenvalue weighted by Gasteiger charge is 2.38. The Labute approximate surface area is 174 Å². The molecule has 4 heteroatoms. The minimum Gasteiger partial charge on any atom is -0.346 e. The summed E-state index contributed by atoms with van der Waals surface area (Å²) in [5.74, 6) is 0.184. The Balaban J connectivity index is 2.49. The van der Waals surface area contributed by atoms with Crippen molar-refractivity contribution in [3.63, 3.8) is 0 Å². The number of hydrogen-bond acceptors (Lipinski definition) is 2. The SMILES string of the molecule is CCCCCCCN(C)C(=O)C1CCCCC1C(=O)N(C)CCCCCCC. The summed E-state index contributed by atoms with van der Waals surface area (Å²) in [6.07, 6.45) is 16.0. The lowest BCUT2D eigenvalue weighted by molar-refractivity contribution is -0.146. The molecule has 2 atom stereocenters. The van der Waals surface area contributed by atoms with E-state index in [1.165, 1.54) is 51.4 Å². The Bertz CT molecular complexity index is 398. The molecule has 2 amide bonds. The Kier molecular flexibility index (Phi) is 13.3. The van der Waals surface area contributed by atoms with Crippen molar-refractivity contribution in [2.75, 3.05) is 27.2 Å². The first kappa shape index (κ1) is 25.0. The highest BCUT2D eigenvalue weighted by molar-refractivity contribution is 5.87. The standard InChI is InChI=1S/C24H46N2O2/c1-5-7-9-11-15-19-25(3)23(27)21-17-13-14-18-22(21)24(28)26(4)20-16-12-10-8-6-2/h21-22H,5-20H2,1-4H3. The van der Waals surface area contributed by atoms with Gasteiger partial charge in [0.05, 0.1) is 0 Å². The van der Waals surface area contributed by atoms with Gasteiger partial charge in [0, 0.05) is 39.0 Å². The molecule has 1 saturated carbocycles. The zero-order chi connectivity index (χ0) is 20.8. The molecule has 28 heavy (non-hydrogen) atoms. The van der Waals surface area contributed by atoms with Crippen molar-refractivity contribution in [3.8, 4) is 0 Å². The van der Waals surface area contributed by atoms with E-state index in [1.807, 2.05) is 23.9 Å². The van der Waals surface area contributed by atoms with Crippen molar-refractivity contribution < 1.29 is 9.59 Å². The van der Waals surface area contributed by atoms with Crippen LogP contribution in [-0.2, 0) is 9.59 Å². The van der Waals surface area contributed by atoms with Gasteiger partial charge in [-0.05, 0) is 25.7 Å². The molecule has 0 aliphatic heterocycles. The average molecular weight is 395 g/mol. The monoisotopic (exact) mass is 394 g/mol. The van der Waals surface area contributed by atoms with Gasteiger partial charge in [-0.3, -0.25) is 9.59 Å². The van der Waals surface area contributed by atoms with Gasteiger partial charge in [-0.25, -0.2) is 0 Å². The molecular weight excluding hydrogens is 348 g/mol. The minimum atomic E-state index is -0.107. The third-order valence-electron chi connectivity index (χ3n) is 6.35. The highest BCUT2D eigenvalue weighted by Crippen LogP contribution is 2.33. The molecular formula is C24H46N2O2. The molecule has 0 aromatic carbocycles. The summed E-state index contributed by atoms with van der Waals surface area (Å²) in [5, 5.41) is 0. The van der Waals surface area contributed by atoms with Gasteiger partial charge in [0.2, 0.25) is 11.8 Å². The van der Waals surface area contributed by atoms with Crippen molar-refractivity contribution >= 4 is 11.8 Å². The largest absolute Gasteiger partial charge is 0.346 e. The van der Waals surface area contributed by atoms with Crippen LogP contribution in [0.5, 0.6) is 0 Å². The fourth-order valence-electron chi connectivity index (χ4n) is 4.41.